The predicted molar refractivity (Wildman–Crippen MR) is 122 cm³/mol. The Balaban J connectivity index is 1.46. The fourth-order valence-electron chi connectivity index (χ4n) is 3.42. The van der Waals surface area contributed by atoms with Crippen LogP contribution in [-0.4, -0.2) is 36.5 Å². The number of benzene rings is 1. The second-order valence-electron chi connectivity index (χ2n) is 7.51. The predicted octanol–water partition coefficient (Wildman–Crippen LogP) is 3.51. The number of nitrogens with zero attached hydrogens (tertiary/aromatic N) is 5. The number of hydrogen-bond acceptors (Lipinski definition) is 6. The SMILES string of the molecule is Cc1cccc(OCCSc2nnc(Cc3c(C)nc4c(C)cccn4c3=O)n2C)c1. The Bertz CT molecular complexity index is 1300. The molecule has 1 aromatic carbocycles. The van der Waals surface area contributed by atoms with Gasteiger partial charge in [0.15, 0.2) is 5.16 Å². The average molecular weight is 436 g/mol. The third-order valence-corrected chi connectivity index (χ3v) is 6.17. The summed E-state index contributed by atoms with van der Waals surface area (Å²) in [4.78, 5) is 17.7. The maximum Gasteiger partial charge on any atom is 0.261 e. The molecular weight excluding hydrogens is 410 g/mol. The number of aryl methyl sites for hydroxylation is 3. The highest BCUT2D eigenvalue weighted by atomic mass is 32.2. The van der Waals surface area contributed by atoms with E-state index in [-0.39, 0.29) is 5.56 Å². The third-order valence-electron chi connectivity index (χ3n) is 5.18. The fourth-order valence-corrected chi connectivity index (χ4v) is 4.17. The third kappa shape index (κ3) is 4.49. The molecule has 0 aliphatic carbocycles. The lowest BCUT2D eigenvalue weighted by Gasteiger charge is -2.10. The molecule has 0 N–H and O–H groups in total. The molecule has 0 fully saturated rings. The number of thioether (sulfide) groups is 1. The van der Waals surface area contributed by atoms with Crippen LogP contribution < -0.4 is 10.3 Å². The van der Waals surface area contributed by atoms with Crippen molar-refractivity contribution >= 4 is 17.4 Å². The molecule has 0 atom stereocenters. The maximum absolute atomic E-state index is 13.0. The minimum absolute atomic E-state index is 0.0602. The van der Waals surface area contributed by atoms with Crippen LogP contribution in [0.1, 0.15) is 28.2 Å². The summed E-state index contributed by atoms with van der Waals surface area (Å²) in [5, 5.41) is 9.41. The van der Waals surface area contributed by atoms with E-state index in [0.29, 0.717) is 24.2 Å². The van der Waals surface area contributed by atoms with Crippen molar-refractivity contribution in [3.63, 3.8) is 0 Å². The average Bonchev–Trinajstić information content (AvgIpc) is 3.09. The molecule has 0 saturated heterocycles. The first kappa shape index (κ1) is 21.1. The van der Waals surface area contributed by atoms with Gasteiger partial charge in [0.1, 0.15) is 17.2 Å². The van der Waals surface area contributed by atoms with Crippen LogP contribution >= 0.6 is 11.8 Å². The van der Waals surface area contributed by atoms with Crippen molar-refractivity contribution in [3.05, 3.63) is 81.2 Å². The molecule has 31 heavy (non-hydrogen) atoms. The van der Waals surface area contributed by atoms with Gasteiger partial charge < -0.3 is 9.30 Å². The summed E-state index contributed by atoms with van der Waals surface area (Å²) in [7, 11) is 1.92. The van der Waals surface area contributed by atoms with Gasteiger partial charge in [-0.1, -0.05) is 30.0 Å². The summed E-state index contributed by atoms with van der Waals surface area (Å²) >= 11 is 1.58. The van der Waals surface area contributed by atoms with E-state index in [4.69, 9.17) is 4.74 Å². The number of rotatable bonds is 7. The Labute approximate surface area is 185 Å². The molecule has 0 aliphatic rings. The summed E-state index contributed by atoms with van der Waals surface area (Å²) in [5.74, 6) is 2.35. The number of pyridine rings is 1. The zero-order chi connectivity index (χ0) is 22.0. The molecule has 8 heteroatoms. The van der Waals surface area contributed by atoms with Gasteiger partial charge in [0.05, 0.1) is 6.61 Å². The topological polar surface area (TPSA) is 74.3 Å². The fraction of sp³-hybridized carbons (Fsp3) is 0.304. The lowest BCUT2D eigenvalue weighted by Crippen LogP contribution is -2.23. The van der Waals surface area contributed by atoms with Gasteiger partial charge in [0.2, 0.25) is 0 Å². The minimum atomic E-state index is -0.0602. The summed E-state index contributed by atoms with van der Waals surface area (Å²) in [6.45, 7) is 6.45. The van der Waals surface area contributed by atoms with E-state index in [1.165, 1.54) is 5.56 Å². The van der Waals surface area contributed by atoms with Crippen LogP contribution in [0.3, 0.4) is 0 Å². The number of fused-ring (bicyclic) bond motifs is 1. The molecule has 0 radical (unpaired) electrons. The standard InChI is InChI=1S/C23H25N5O2S/c1-15-7-5-9-18(13-15)30-11-12-31-23-26-25-20(27(23)4)14-19-17(3)24-21-16(2)8-6-10-28(21)22(19)29/h5-10,13H,11-12,14H2,1-4H3. The molecule has 3 aromatic heterocycles. The van der Waals surface area contributed by atoms with Gasteiger partial charge in [0, 0.05) is 36.7 Å². The quantitative estimate of drug-likeness (QED) is 0.327. The maximum atomic E-state index is 13.0. The van der Waals surface area contributed by atoms with Gasteiger partial charge in [-0.2, -0.15) is 0 Å². The smallest absolute Gasteiger partial charge is 0.261 e. The Kier molecular flexibility index (Phi) is 6.08. The van der Waals surface area contributed by atoms with Gasteiger partial charge in [0.25, 0.3) is 5.56 Å². The lowest BCUT2D eigenvalue weighted by molar-refractivity contribution is 0.343. The highest BCUT2D eigenvalue weighted by molar-refractivity contribution is 7.99. The van der Waals surface area contributed by atoms with Gasteiger partial charge in [-0.15, -0.1) is 10.2 Å². The van der Waals surface area contributed by atoms with E-state index in [0.717, 1.165) is 33.7 Å². The molecule has 0 saturated carbocycles. The van der Waals surface area contributed by atoms with Crippen LogP contribution in [0.25, 0.3) is 5.65 Å². The Morgan fingerprint density at radius 3 is 2.74 bits per heavy atom. The molecule has 0 aliphatic heterocycles. The van der Waals surface area contributed by atoms with Crippen LogP contribution in [0, 0.1) is 20.8 Å². The van der Waals surface area contributed by atoms with E-state index in [1.807, 2.05) is 68.8 Å². The molecule has 0 spiro atoms. The highest BCUT2D eigenvalue weighted by Gasteiger charge is 2.16. The summed E-state index contributed by atoms with van der Waals surface area (Å²) in [5.41, 5.74) is 4.14. The molecule has 4 rings (SSSR count). The van der Waals surface area contributed by atoms with E-state index in [9.17, 15) is 4.79 Å². The summed E-state index contributed by atoms with van der Waals surface area (Å²) in [6, 6.07) is 11.8. The zero-order valence-electron chi connectivity index (χ0n) is 18.1. The number of aromatic nitrogens is 5. The van der Waals surface area contributed by atoms with Crippen LogP contribution in [-0.2, 0) is 13.5 Å². The van der Waals surface area contributed by atoms with Crippen LogP contribution in [0.15, 0.2) is 52.5 Å². The summed E-state index contributed by atoms with van der Waals surface area (Å²) in [6.07, 6.45) is 2.14. The van der Waals surface area contributed by atoms with E-state index < -0.39 is 0 Å². The van der Waals surface area contributed by atoms with Gasteiger partial charge in [-0.25, -0.2) is 4.98 Å². The van der Waals surface area contributed by atoms with Crippen molar-refractivity contribution < 1.29 is 4.74 Å². The number of hydrogen-bond donors (Lipinski definition) is 0. The van der Waals surface area contributed by atoms with Crippen LogP contribution in [0.5, 0.6) is 5.75 Å². The molecule has 3 heterocycles. The van der Waals surface area contributed by atoms with Crippen molar-refractivity contribution in [2.24, 2.45) is 7.05 Å². The van der Waals surface area contributed by atoms with E-state index >= 15 is 0 Å². The molecule has 4 aromatic rings. The highest BCUT2D eigenvalue weighted by Crippen LogP contribution is 2.19. The van der Waals surface area contributed by atoms with Crippen molar-refractivity contribution in [2.45, 2.75) is 32.3 Å². The largest absolute Gasteiger partial charge is 0.493 e. The normalized spacial score (nSPS) is 11.2. The molecule has 0 bridgehead atoms. The first-order chi connectivity index (χ1) is 14.9. The lowest BCUT2D eigenvalue weighted by atomic mass is 10.1. The zero-order valence-corrected chi connectivity index (χ0v) is 18.9. The van der Waals surface area contributed by atoms with Crippen LogP contribution in [0.4, 0.5) is 0 Å². The molecule has 0 unspecified atom stereocenters. The first-order valence-electron chi connectivity index (χ1n) is 10.1. The first-order valence-corrected chi connectivity index (χ1v) is 11.1. The van der Waals surface area contributed by atoms with Crippen molar-refractivity contribution in [1.29, 1.82) is 0 Å². The van der Waals surface area contributed by atoms with E-state index in [1.54, 1.807) is 22.4 Å². The van der Waals surface area contributed by atoms with Crippen molar-refractivity contribution in [1.82, 2.24) is 24.1 Å². The summed E-state index contributed by atoms with van der Waals surface area (Å²) < 4.78 is 9.34. The second kappa shape index (κ2) is 8.93. The second-order valence-corrected chi connectivity index (χ2v) is 8.58. The number of ether oxygens (including phenoxy) is 1. The molecule has 7 nitrogen and oxygen atoms in total. The minimum Gasteiger partial charge on any atom is -0.493 e. The molecular formula is C23H25N5O2S. The Morgan fingerprint density at radius 1 is 1.10 bits per heavy atom. The van der Waals surface area contributed by atoms with E-state index in [2.05, 4.69) is 15.2 Å². The van der Waals surface area contributed by atoms with Crippen LogP contribution in [0.2, 0.25) is 0 Å². The van der Waals surface area contributed by atoms with Crippen molar-refractivity contribution in [2.75, 3.05) is 12.4 Å². The Morgan fingerprint density at radius 2 is 1.94 bits per heavy atom. The molecule has 160 valence electrons. The van der Waals surface area contributed by atoms with Crippen molar-refractivity contribution in [3.8, 4) is 5.75 Å². The van der Waals surface area contributed by atoms with Gasteiger partial charge in [-0.05, 0) is 50.1 Å². The van der Waals surface area contributed by atoms with Gasteiger partial charge >= 0.3 is 0 Å². The molecule has 0 amide bonds. The Hall–Kier alpha value is -3.13. The monoisotopic (exact) mass is 435 g/mol. The van der Waals surface area contributed by atoms with Gasteiger partial charge in [-0.3, -0.25) is 9.20 Å².